The molecule has 0 atom stereocenters. The molecule has 0 radical (unpaired) electrons. The first kappa shape index (κ1) is 18.4. The number of hydrogen-bond acceptors (Lipinski definition) is 2. The van der Waals surface area contributed by atoms with Gasteiger partial charge in [0.2, 0.25) is 0 Å². The maximum absolute atomic E-state index is 10.4. The van der Waals surface area contributed by atoms with Crippen molar-refractivity contribution in [3.63, 3.8) is 0 Å². The fourth-order valence-electron chi connectivity index (χ4n) is 3.17. The van der Waals surface area contributed by atoms with Crippen LogP contribution in [-0.2, 0) is 10.8 Å². The first-order valence-electron chi connectivity index (χ1n) is 8.51. The molecule has 0 fully saturated rings. The van der Waals surface area contributed by atoms with E-state index >= 15 is 0 Å². The summed E-state index contributed by atoms with van der Waals surface area (Å²) < 4.78 is 0. The maximum Gasteiger partial charge on any atom is 0.119 e. The lowest BCUT2D eigenvalue weighted by atomic mass is 9.80. The van der Waals surface area contributed by atoms with Crippen LogP contribution < -0.4 is 0 Å². The lowest BCUT2D eigenvalue weighted by Crippen LogP contribution is -2.13. The number of phenols is 2. The first-order chi connectivity index (χ1) is 10.8. The summed E-state index contributed by atoms with van der Waals surface area (Å²) in [6, 6.07) is 7.88. The third-order valence-corrected chi connectivity index (χ3v) is 4.59. The van der Waals surface area contributed by atoms with E-state index in [0.29, 0.717) is 11.5 Å². The molecule has 130 valence electrons. The van der Waals surface area contributed by atoms with Crippen LogP contribution >= 0.6 is 0 Å². The molecule has 0 unspecified atom stereocenters. The fraction of sp³-hybridized carbons (Fsp3) is 0.455. The third kappa shape index (κ3) is 3.43. The Kier molecular flexibility index (Phi) is 4.47. The van der Waals surface area contributed by atoms with Gasteiger partial charge in [-0.25, -0.2) is 0 Å². The molecular weight excluding hydrogens is 296 g/mol. The van der Waals surface area contributed by atoms with Crippen molar-refractivity contribution >= 4 is 0 Å². The van der Waals surface area contributed by atoms with Crippen molar-refractivity contribution in [2.45, 2.75) is 66.2 Å². The number of benzene rings is 2. The SMILES string of the molecule is Cc1cc(O)c(C(C)(C)C)cc1-c1cc(C(C)(C)C)c(O)cc1C. The second-order valence-electron chi connectivity index (χ2n) is 8.87. The molecule has 0 saturated heterocycles. The third-order valence-electron chi connectivity index (χ3n) is 4.59. The standard InChI is InChI=1S/C22H30O2/c1-13-9-19(23)17(21(3,4)5)11-15(13)16-12-18(22(6,7)8)20(24)10-14(16)2/h9-12,23-24H,1-8H3. The van der Waals surface area contributed by atoms with Crippen LogP contribution in [0.2, 0.25) is 0 Å². The Hall–Kier alpha value is -1.96. The van der Waals surface area contributed by atoms with Crippen LogP contribution in [0.5, 0.6) is 11.5 Å². The second-order valence-corrected chi connectivity index (χ2v) is 8.87. The van der Waals surface area contributed by atoms with Crippen LogP contribution in [0.3, 0.4) is 0 Å². The zero-order valence-corrected chi connectivity index (χ0v) is 16.2. The van der Waals surface area contributed by atoms with E-state index in [1.807, 2.05) is 26.0 Å². The van der Waals surface area contributed by atoms with Gasteiger partial charge in [-0.1, -0.05) is 41.5 Å². The summed E-state index contributed by atoms with van der Waals surface area (Å²) in [5, 5.41) is 20.7. The van der Waals surface area contributed by atoms with E-state index in [2.05, 4.69) is 53.7 Å². The highest BCUT2D eigenvalue weighted by Gasteiger charge is 2.23. The summed E-state index contributed by atoms with van der Waals surface area (Å²) in [4.78, 5) is 0. The van der Waals surface area contributed by atoms with Crippen molar-refractivity contribution in [2.75, 3.05) is 0 Å². The van der Waals surface area contributed by atoms with E-state index in [1.54, 1.807) is 0 Å². The molecule has 0 amide bonds. The van der Waals surface area contributed by atoms with Crippen LogP contribution in [0.1, 0.15) is 63.8 Å². The van der Waals surface area contributed by atoms with Gasteiger partial charge in [-0.3, -0.25) is 0 Å². The molecule has 2 aromatic carbocycles. The lowest BCUT2D eigenvalue weighted by molar-refractivity contribution is 0.445. The van der Waals surface area contributed by atoms with Crippen LogP contribution in [-0.4, -0.2) is 10.2 Å². The minimum Gasteiger partial charge on any atom is -0.508 e. The molecule has 0 aromatic heterocycles. The Morgan fingerprint density at radius 3 is 1.12 bits per heavy atom. The molecule has 2 aromatic rings. The molecule has 2 heteroatoms. The molecule has 0 bridgehead atoms. The van der Waals surface area contributed by atoms with Gasteiger partial charge in [0.05, 0.1) is 0 Å². The van der Waals surface area contributed by atoms with E-state index in [-0.39, 0.29) is 10.8 Å². The van der Waals surface area contributed by atoms with Gasteiger partial charge in [0.1, 0.15) is 11.5 Å². The number of hydrogen-bond donors (Lipinski definition) is 2. The van der Waals surface area contributed by atoms with Crippen LogP contribution in [0.15, 0.2) is 24.3 Å². The molecular formula is C22H30O2. The fourth-order valence-corrected chi connectivity index (χ4v) is 3.17. The minimum absolute atomic E-state index is 0.135. The first-order valence-corrected chi connectivity index (χ1v) is 8.51. The maximum atomic E-state index is 10.4. The van der Waals surface area contributed by atoms with Gasteiger partial charge in [-0.15, -0.1) is 0 Å². The summed E-state index contributed by atoms with van der Waals surface area (Å²) in [6.45, 7) is 16.7. The number of rotatable bonds is 1. The highest BCUT2D eigenvalue weighted by molar-refractivity contribution is 5.75. The highest BCUT2D eigenvalue weighted by atomic mass is 16.3. The average molecular weight is 326 g/mol. The van der Waals surface area contributed by atoms with Crippen molar-refractivity contribution in [3.8, 4) is 22.6 Å². The normalized spacial score (nSPS) is 12.5. The van der Waals surface area contributed by atoms with Crippen LogP contribution in [0.4, 0.5) is 0 Å². The van der Waals surface area contributed by atoms with Gasteiger partial charge in [0, 0.05) is 0 Å². The van der Waals surface area contributed by atoms with Crippen molar-refractivity contribution < 1.29 is 10.2 Å². The van der Waals surface area contributed by atoms with E-state index in [1.165, 1.54) is 0 Å². The number of phenolic OH excluding ortho intramolecular Hbond substituents is 2. The largest absolute Gasteiger partial charge is 0.508 e. The summed E-state index contributed by atoms with van der Waals surface area (Å²) in [5.41, 5.74) is 5.90. The average Bonchev–Trinajstić information content (AvgIpc) is 2.36. The molecule has 2 nitrogen and oxygen atoms in total. The van der Waals surface area contributed by atoms with Gasteiger partial charge in [0.15, 0.2) is 0 Å². The van der Waals surface area contributed by atoms with E-state index in [9.17, 15) is 10.2 Å². The molecule has 0 aliphatic rings. The quantitative estimate of drug-likeness (QED) is 0.677. The highest BCUT2D eigenvalue weighted by Crippen LogP contribution is 2.41. The van der Waals surface area contributed by atoms with E-state index in [4.69, 9.17) is 0 Å². The van der Waals surface area contributed by atoms with Gasteiger partial charge in [0.25, 0.3) is 0 Å². The van der Waals surface area contributed by atoms with Crippen molar-refractivity contribution in [3.05, 3.63) is 46.5 Å². The molecule has 0 heterocycles. The minimum atomic E-state index is -0.135. The summed E-state index contributed by atoms with van der Waals surface area (Å²) in [5.74, 6) is 0.687. The summed E-state index contributed by atoms with van der Waals surface area (Å²) in [6.07, 6.45) is 0. The Labute approximate surface area is 146 Å². The summed E-state index contributed by atoms with van der Waals surface area (Å²) >= 11 is 0. The Bertz CT molecular complexity index is 705. The lowest BCUT2D eigenvalue weighted by Gasteiger charge is -2.25. The van der Waals surface area contributed by atoms with Gasteiger partial charge < -0.3 is 10.2 Å². The summed E-state index contributed by atoms with van der Waals surface area (Å²) in [7, 11) is 0. The van der Waals surface area contributed by atoms with Crippen molar-refractivity contribution in [2.24, 2.45) is 0 Å². The molecule has 2 rings (SSSR count). The second kappa shape index (κ2) is 5.84. The molecule has 2 N–H and O–H groups in total. The molecule has 0 saturated carbocycles. The van der Waals surface area contributed by atoms with Crippen LogP contribution in [0, 0.1) is 13.8 Å². The smallest absolute Gasteiger partial charge is 0.119 e. The molecule has 24 heavy (non-hydrogen) atoms. The van der Waals surface area contributed by atoms with E-state index < -0.39 is 0 Å². The van der Waals surface area contributed by atoms with Gasteiger partial charge in [-0.05, 0) is 82.3 Å². The topological polar surface area (TPSA) is 40.5 Å². The van der Waals surface area contributed by atoms with Crippen molar-refractivity contribution in [1.29, 1.82) is 0 Å². The Balaban J connectivity index is 2.77. The predicted molar refractivity (Wildman–Crippen MR) is 102 cm³/mol. The zero-order chi connectivity index (χ0) is 18.4. The monoisotopic (exact) mass is 326 g/mol. The van der Waals surface area contributed by atoms with E-state index in [0.717, 1.165) is 33.4 Å². The predicted octanol–water partition coefficient (Wildman–Crippen LogP) is 5.98. The van der Waals surface area contributed by atoms with Crippen LogP contribution in [0.25, 0.3) is 11.1 Å². The number of aromatic hydroxyl groups is 2. The van der Waals surface area contributed by atoms with Gasteiger partial charge >= 0.3 is 0 Å². The Morgan fingerprint density at radius 1 is 0.583 bits per heavy atom. The molecule has 0 aliphatic heterocycles. The van der Waals surface area contributed by atoms with Gasteiger partial charge in [-0.2, -0.15) is 0 Å². The zero-order valence-electron chi connectivity index (χ0n) is 16.2. The molecule has 0 aliphatic carbocycles. The molecule has 0 spiro atoms. The number of aryl methyl sites for hydroxylation is 2. The van der Waals surface area contributed by atoms with Crippen molar-refractivity contribution in [1.82, 2.24) is 0 Å². The Morgan fingerprint density at radius 2 is 0.875 bits per heavy atom.